The Kier molecular flexibility index (Phi) is 36.2. The molecule has 12 N–H and O–H groups in total. The summed E-state index contributed by atoms with van der Waals surface area (Å²) < 4.78 is 37.2. The van der Waals surface area contributed by atoms with Crippen molar-refractivity contribution in [2.45, 2.75) is 217 Å². The maximum Gasteiger partial charge on any atom is 0.407 e. The number of Topliss-reactive ketones (excluding diaryl/α,β-unsaturated/α-hetero) is 3. The maximum absolute atomic E-state index is 14.6. The molecule has 12 rings (SSSR count). The Morgan fingerprint density at radius 3 is 2.21 bits per heavy atom. The molecule has 0 spiro atoms. The molecule has 5 aliphatic heterocycles. The van der Waals surface area contributed by atoms with Crippen molar-refractivity contribution < 1.29 is 92.0 Å². The number of nitrogens with two attached hydrogens (primary N) is 2. The fourth-order valence-corrected chi connectivity index (χ4v) is 17.6. The van der Waals surface area contributed by atoms with Crippen LogP contribution >= 0.6 is 0 Å². The number of allylic oxidation sites excluding steroid dienone is 6. The number of piperidine rings is 1. The van der Waals surface area contributed by atoms with Crippen LogP contribution in [-0.2, 0) is 75.1 Å². The number of rotatable bonds is 28. The summed E-state index contributed by atoms with van der Waals surface area (Å²) in [6.07, 6.45) is 17.7. The number of piperazine rings is 2. The fourth-order valence-electron chi connectivity index (χ4n) is 17.6. The van der Waals surface area contributed by atoms with Crippen molar-refractivity contribution in [2.24, 2.45) is 29.4 Å². The lowest BCUT2D eigenvalue weighted by Gasteiger charge is -2.40. The molecule has 5 fully saturated rings. The van der Waals surface area contributed by atoms with Gasteiger partial charge in [0.2, 0.25) is 29.5 Å². The first kappa shape index (κ1) is 99.0. The van der Waals surface area contributed by atoms with E-state index < -0.39 is 114 Å². The molecule has 131 heavy (non-hydrogen) atoms. The van der Waals surface area contributed by atoms with Gasteiger partial charge in [0.15, 0.2) is 11.4 Å². The van der Waals surface area contributed by atoms with Crippen molar-refractivity contribution in [1.29, 1.82) is 0 Å². The number of aliphatic hydroxyl groups is 4. The van der Waals surface area contributed by atoms with Crippen LogP contribution in [0.15, 0.2) is 103 Å². The Bertz CT molecular complexity index is 4990. The van der Waals surface area contributed by atoms with Crippen LogP contribution in [0.3, 0.4) is 0 Å². The number of alkyl carbamates (subject to hydrolysis) is 1. The summed E-state index contributed by atoms with van der Waals surface area (Å²) in [5.41, 5.74) is 18.0. The number of aliphatic hydroxyl groups excluding tert-OH is 3. The zero-order chi connectivity index (χ0) is 93.3. The van der Waals surface area contributed by atoms with Crippen molar-refractivity contribution in [3.63, 3.8) is 0 Å². The van der Waals surface area contributed by atoms with E-state index in [2.05, 4.69) is 65.6 Å². The number of carbonyl (C=O) groups excluding carboxylic acids is 9. The molecular weight excluding hydrogens is 1690 g/mol. The molecule has 6 aliphatic rings. The number of aromatic nitrogens is 10. The highest BCUT2D eigenvalue weighted by molar-refractivity contribution is 6.39. The lowest BCUT2D eigenvalue weighted by atomic mass is 9.80. The summed E-state index contributed by atoms with van der Waals surface area (Å²) in [6, 6.07) is 1.60. The van der Waals surface area contributed by atoms with E-state index in [-0.39, 0.29) is 126 Å². The number of fused-ring (bicyclic) bond motifs is 5. The second-order valence-corrected chi connectivity index (χ2v) is 35.2. The zero-order valence-corrected chi connectivity index (χ0v) is 75.7. The van der Waals surface area contributed by atoms with Crippen molar-refractivity contribution >= 4 is 92.8 Å². The molecule has 11 heterocycles. The first-order valence-electron chi connectivity index (χ1n) is 45.8. The zero-order valence-electron chi connectivity index (χ0n) is 75.7. The third-order valence-electron chi connectivity index (χ3n) is 25.4. The third kappa shape index (κ3) is 27.4. The molecule has 0 aromatic carbocycles. The van der Waals surface area contributed by atoms with Crippen LogP contribution in [0, 0.1) is 23.7 Å². The Balaban J connectivity index is 0.515. The van der Waals surface area contributed by atoms with Gasteiger partial charge < -0.3 is 101 Å². The Labute approximate surface area is 761 Å². The summed E-state index contributed by atoms with van der Waals surface area (Å²) in [5, 5.41) is 60.7. The van der Waals surface area contributed by atoms with Crippen LogP contribution in [0.4, 0.5) is 22.5 Å². The predicted molar refractivity (Wildman–Crippen MR) is 483 cm³/mol. The van der Waals surface area contributed by atoms with Gasteiger partial charge in [0.05, 0.1) is 62.1 Å². The number of cyclic esters (lactones) is 1. The van der Waals surface area contributed by atoms with Crippen molar-refractivity contribution in [1.82, 2.24) is 80.3 Å². The summed E-state index contributed by atoms with van der Waals surface area (Å²) in [4.78, 5) is 167. The Hall–Kier alpha value is -11.0. The van der Waals surface area contributed by atoms with Gasteiger partial charge in [-0.2, -0.15) is 5.10 Å². The number of ether oxygens (including phenoxy) is 6. The minimum Gasteiger partial charge on any atom is -0.459 e. The highest BCUT2D eigenvalue weighted by Crippen LogP contribution is 2.37. The quantitative estimate of drug-likeness (QED) is 0.0138. The molecule has 1 saturated carbocycles. The molecule has 4 saturated heterocycles. The molecular formula is C92H128N20O19. The molecule has 5 amide bonds. The van der Waals surface area contributed by atoms with Gasteiger partial charge >= 0.3 is 12.1 Å². The standard InChI is InChI=1S/C92H128N20O19/c1-57-15-8-7-9-16-58(2)73(126-6)48-67-17-14-24-92(125,131-67)82(120)87(122)111-28-12-10-18-69(111)88(123)129-74(49-70(113)59(3)44-61(5)80(118)81(119)79(117)60(4)43-57)68(93)45-62-19-20-72(71(114)46-62)130-91(124)103-52-63-50-99-89(100-51-63)110-36-34-108(35-37-110)76(116)23-40-128-42-38-107-30-32-109(33-31-107)90-101-54-66(55-102-90)86(121)97-27-41-127-39-22-75(115)95-25-11-13-29-112-85-77(83(94)104-56-105-85)78(106-112)65-47-64-21-26-96-84(64)98-53-65/h7-9,15-16,21,26,44,47,50-51,53-57,59-60,62,67-69,71-74,80-81,114,118-119,125H,10-14,17-20,22-25,27-43,45-46,48-49,52,93H2,1-6H3,(H,95,115)(H,96,98)(H,97,121)(H,103,124)(H2,94,104,105)/b9-7?,15-8+,58-16?,61-44+/t57-,59-,60-,62+,67+,68-,69+,71-,72-,73+,74+,80-,81+,92-/m1/s1. The van der Waals surface area contributed by atoms with E-state index in [0.29, 0.717) is 156 Å². The Morgan fingerprint density at radius 1 is 0.733 bits per heavy atom. The second-order valence-electron chi connectivity index (χ2n) is 35.2. The summed E-state index contributed by atoms with van der Waals surface area (Å²) in [7, 11) is 1.54. The number of pyridine rings is 1. The number of aryl methyl sites for hydroxylation is 1. The molecule has 6 aromatic heterocycles. The van der Waals surface area contributed by atoms with Crippen molar-refractivity contribution in [3.05, 3.63) is 114 Å². The molecule has 14 atom stereocenters. The third-order valence-corrected chi connectivity index (χ3v) is 25.4. The number of nitrogen functional groups attached to an aromatic ring is 1. The number of nitrogens with zero attached hydrogens (tertiary/aromatic N) is 14. The summed E-state index contributed by atoms with van der Waals surface area (Å²) >= 11 is 0. The number of aromatic amines is 1. The monoisotopic (exact) mass is 1820 g/mol. The van der Waals surface area contributed by atoms with E-state index in [9.17, 15) is 63.6 Å². The first-order valence-corrected chi connectivity index (χ1v) is 45.8. The second kappa shape index (κ2) is 47.9. The number of methoxy groups -OCH3 is 1. The number of ketones is 3. The average Bonchev–Trinajstić information content (AvgIpc) is 1.64. The smallest absolute Gasteiger partial charge is 0.407 e. The number of hydrogen-bond acceptors (Lipinski definition) is 32. The van der Waals surface area contributed by atoms with Crippen LogP contribution in [0.2, 0.25) is 0 Å². The SMILES string of the molecule is CO[C@H]1C[C@@H]2CCC[C@@](O)(O2)C(=O)C(=O)N2CCCC[C@H]2C(=O)O[C@H]([C@H](N)C[C@@H]2CC[C@@H](OC(=O)NCc3cnc(N4CCN(C(=O)CCOCCN5CCN(c6ncc(C(=O)NCCOCCC(=O)NCCCCn7nc(-c8cnc9[nH]ccc9c8)c8c(N)ncnc87)cn6)CC5)CC4)nc3)[C@H](O)C2)CC(=O)[C@H](C)/C=C(\C)[C@@H](O)[C@@H](O)C(=O)[C@H](C)C[C@H](C)/C=C/C=CC=C1C. The van der Waals surface area contributed by atoms with Gasteiger partial charge in [-0.1, -0.05) is 57.2 Å². The van der Waals surface area contributed by atoms with E-state index in [1.54, 1.807) is 37.3 Å². The van der Waals surface area contributed by atoms with E-state index in [1.165, 1.54) is 38.8 Å². The van der Waals surface area contributed by atoms with E-state index in [4.69, 9.17) is 45.0 Å². The predicted octanol–water partition coefficient (Wildman–Crippen LogP) is 4.71. The number of amides is 5. The summed E-state index contributed by atoms with van der Waals surface area (Å²) in [6.45, 7) is 16.4. The van der Waals surface area contributed by atoms with Crippen LogP contribution in [0.25, 0.3) is 33.3 Å². The van der Waals surface area contributed by atoms with Crippen LogP contribution < -0.4 is 37.2 Å². The van der Waals surface area contributed by atoms with Gasteiger partial charge in [-0.05, 0) is 126 Å². The summed E-state index contributed by atoms with van der Waals surface area (Å²) in [5.74, 6) is -7.99. The molecule has 0 unspecified atom stereocenters. The average molecular weight is 1820 g/mol. The van der Waals surface area contributed by atoms with Gasteiger partial charge in [0.25, 0.3) is 17.6 Å². The van der Waals surface area contributed by atoms with Gasteiger partial charge in [0.1, 0.15) is 59.7 Å². The number of esters is 1. The van der Waals surface area contributed by atoms with Crippen molar-refractivity contribution in [3.8, 4) is 11.3 Å². The number of carbonyl (C=O) groups is 9. The van der Waals surface area contributed by atoms with Crippen LogP contribution in [0.5, 0.6) is 0 Å². The number of hydrogen-bond donors (Lipinski definition) is 10. The minimum absolute atomic E-state index is 0.0122. The van der Waals surface area contributed by atoms with Gasteiger partial charge in [0, 0.05) is 196 Å². The van der Waals surface area contributed by atoms with E-state index in [0.717, 1.165) is 46.6 Å². The largest absolute Gasteiger partial charge is 0.459 e. The highest BCUT2D eigenvalue weighted by atomic mass is 16.6. The molecule has 2 bridgehead atoms. The maximum atomic E-state index is 14.6. The molecule has 710 valence electrons. The van der Waals surface area contributed by atoms with Gasteiger partial charge in [-0.3, -0.25) is 38.5 Å². The fraction of sp³-hybridized carbons (Fsp3) is 0.598. The molecule has 1 aliphatic carbocycles. The van der Waals surface area contributed by atoms with Crippen LogP contribution in [0.1, 0.15) is 160 Å². The lowest BCUT2D eigenvalue weighted by Crippen LogP contribution is -2.58. The normalized spacial score (nSPS) is 26.2. The van der Waals surface area contributed by atoms with E-state index >= 15 is 0 Å². The number of H-pyrrole nitrogens is 1. The van der Waals surface area contributed by atoms with Gasteiger partial charge in [-0.25, -0.2) is 49.2 Å². The topological polar surface area (TPSA) is 518 Å². The molecule has 39 heteroatoms. The number of unbranched alkanes of at least 4 members (excludes halogenated alkanes) is 1. The lowest BCUT2D eigenvalue weighted by molar-refractivity contribution is -0.245. The molecule has 0 radical (unpaired) electrons. The van der Waals surface area contributed by atoms with E-state index in [1.807, 2.05) is 72.1 Å². The molecule has 39 nitrogen and oxygen atoms in total. The highest BCUT2D eigenvalue weighted by Gasteiger charge is 2.50. The first-order chi connectivity index (χ1) is 63.1. The number of anilines is 3. The van der Waals surface area contributed by atoms with Gasteiger partial charge in [-0.15, -0.1) is 0 Å². The number of nitrogens with one attached hydrogen (secondary N) is 4. The molecule has 6 aromatic rings. The van der Waals surface area contributed by atoms with Crippen LogP contribution in [-0.4, -0.2) is 310 Å². The van der Waals surface area contributed by atoms with Crippen molar-refractivity contribution in [2.75, 3.05) is 128 Å². The minimum atomic E-state index is -2.49. The Morgan fingerprint density at radius 2 is 1.47 bits per heavy atom.